The Balaban J connectivity index is 1.42. The Labute approximate surface area is 230 Å². The van der Waals surface area contributed by atoms with E-state index in [1.807, 2.05) is 42.5 Å². The summed E-state index contributed by atoms with van der Waals surface area (Å²) in [4.78, 5) is 44.4. The second-order valence-corrected chi connectivity index (χ2v) is 11.2. The summed E-state index contributed by atoms with van der Waals surface area (Å²) in [5.74, 6) is -2.64. The number of carbonyl (C=O) groups is 3. The molecule has 3 unspecified atom stereocenters. The summed E-state index contributed by atoms with van der Waals surface area (Å²) in [6.45, 7) is 5.59. The number of hydrogen-bond donors (Lipinski definition) is 3. The van der Waals surface area contributed by atoms with Gasteiger partial charge in [-0.05, 0) is 56.7 Å². The molecule has 2 aromatic rings. The molecule has 5 rings (SSSR count). The van der Waals surface area contributed by atoms with E-state index >= 15 is 0 Å². The highest BCUT2D eigenvalue weighted by molar-refractivity contribution is 9.09. The highest BCUT2D eigenvalue weighted by atomic mass is 79.9. The van der Waals surface area contributed by atoms with Gasteiger partial charge in [-0.1, -0.05) is 34.1 Å². The fraction of sp³-hybridized carbons (Fsp3) is 0.464. The van der Waals surface area contributed by atoms with Crippen molar-refractivity contribution < 1.29 is 24.2 Å². The van der Waals surface area contributed by atoms with Gasteiger partial charge in [0, 0.05) is 41.5 Å². The number of likely N-dealkylation sites (tertiary alicyclic amines) is 1. The SMILES string of the molecule is CCN(CC)c1ccc(NC(=O)C2N(CCO)C(=O)[C@@H]3[C@@H](C(=O)Nc4ccccc4)[C@@H]4OC23CC4Br)cc1. The van der Waals surface area contributed by atoms with Gasteiger partial charge in [-0.2, -0.15) is 0 Å². The van der Waals surface area contributed by atoms with Crippen LogP contribution in [0, 0.1) is 11.8 Å². The molecule has 2 bridgehead atoms. The van der Waals surface area contributed by atoms with Gasteiger partial charge in [0.1, 0.15) is 11.6 Å². The molecule has 3 saturated heterocycles. The summed E-state index contributed by atoms with van der Waals surface area (Å²) in [7, 11) is 0. The molecule has 0 saturated carbocycles. The number of benzene rings is 2. The number of hydrogen-bond acceptors (Lipinski definition) is 6. The van der Waals surface area contributed by atoms with E-state index in [2.05, 4.69) is 45.3 Å². The summed E-state index contributed by atoms with van der Waals surface area (Å²) in [6.07, 6.45) is -0.142. The first kappa shape index (κ1) is 26.6. The van der Waals surface area contributed by atoms with Crippen molar-refractivity contribution in [3.05, 3.63) is 54.6 Å². The summed E-state index contributed by atoms with van der Waals surface area (Å²) < 4.78 is 6.45. The van der Waals surface area contributed by atoms with Gasteiger partial charge in [0.2, 0.25) is 17.7 Å². The third kappa shape index (κ3) is 4.38. The van der Waals surface area contributed by atoms with E-state index in [0.29, 0.717) is 17.8 Å². The van der Waals surface area contributed by atoms with Crippen LogP contribution in [0.4, 0.5) is 17.1 Å². The van der Waals surface area contributed by atoms with Crippen LogP contribution >= 0.6 is 15.9 Å². The molecule has 3 aliphatic heterocycles. The number of aliphatic hydroxyl groups excluding tert-OH is 1. The van der Waals surface area contributed by atoms with E-state index in [1.165, 1.54) is 4.90 Å². The molecule has 3 aliphatic rings. The Hall–Kier alpha value is -2.95. The van der Waals surface area contributed by atoms with Gasteiger partial charge >= 0.3 is 0 Å². The zero-order chi connectivity index (χ0) is 27.0. The lowest BCUT2D eigenvalue weighted by Gasteiger charge is -2.34. The molecule has 0 radical (unpaired) electrons. The molecule has 0 aliphatic carbocycles. The minimum Gasteiger partial charge on any atom is -0.395 e. The van der Waals surface area contributed by atoms with Crippen LogP contribution in [-0.4, -0.2) is 76.5 Å². The Bertz CT molecular complexity index is 1190. The van der Waals surface area contributed by atoms with E-state index in [-0.39, 0.29) is 29.8 Å². The number of alkyl halides is 1. The molecular formula is C28H33BrN4O5. The molecule has 202 valence electrons. The third-order valence-electron chi connectivity index (χ3n) is 7.99. The van der Waals surface area contributed by atoms with Crippen LogP contribution in [0.15, 0.2) is 54.6 Å². The Morgan fingerprint density at radius 3 is 2.32 bits per heavy atom. The van der Waals surface area contributed by atoms with Crippen molar-refractivity contribution in [3.8, 4) is 0 Å². The standard InChI is InChI=1S/C28H33BrN4O5/c1-3-32(4-2)19-12-10-18(11-13-19)31-26(36)24-28-16-20(29)23(38-28)21(22(28)27(37)33(24)14-15-34)25(35)30-17-8-6-5-7-9-17/h5-13,20-24,34H,3-4,14-16H2,1-2H3,(H,30,35)(H,31,36)/t20?,21-,22+,23-,24?,28?/m1/s1. The van der Waals surface area contributed by atoms with Gasteiger partial charge in [0.25, 0.3) is 0 Å². The highest BCUT2D eigenvalue weighted by Crippen LogP contribution is 2.60. The second kappa shape index (κ2) is 10.7. The van der Waals surface area contributed by atoms with Crippen molar-refractivity contribution in [2.24, 2.45) is 11.8 Å². The van der Waals surface area contributed by atoms with Crippen molar-refractivity contribution in [1.82, 2.24) is 4.90 Å². The molecule has 3 N–H and O–H groups in total. The Morgan fingerprint density at radius 1 is 1.05 bits per heavy atom. The lowest BCUT2D eigenvalue weighted by Crippen LogP contribution is -2.54. The summed E-state index contributed by atoms with van der Waals surface area (Å²) in [5, 5.41) is 15.6. The number of ether oxygens (including phenoxy) is 1. The summed E-state index contributed by atoms with van der Waals surface area (Å²) in [5.41, 5.74) is 1.11. The number of β-amino-alcohol motifs (C(OH)–C–C–N with tert-alkyl or cyclic N) is 1. The van der Waals surface area contributed by atoms with Crippen LogP contribution in [-0.2, 0) is 19.1 Å². The molecule has 9 nitrogen and oxygen atoms in total. The molecule has 3 fully saturated rings. The van der Waals surface area contributed by atoms with Crippen molar-refractivity contribution in [2.75, 3.05) is 41.8 Å². The fourth-order valence-electron chi connectivity index (χ4n) is 6.38. The molecule has 3 heterocycles. The average Bonchev–Trinajstić information content (AvgIpc) is 3.50. The molecule has 6 atom stereocenters. The first-order chi connectivity index (χ1) is 18.3. The van der Waals surface area contributed by atoms with Gasteiger partial charge in [0.15, 0.2) is 0 Å². The lowest BCUT2D eigenvalue weighted by molar-refractivity contribution is -0.140. The van der Waals surface area contributed by atoms with Crippen LogP contribution in [0.3, 0.4) is 0 Å². The molecule has 3 amide bonds. The van der Waals surface area contributed by atoms with Crippen molar-refractivity contribution in [1.29, 1.82) is 0 Å². The maximum atomic E-state index is 13.8. The van der Waals surface area contributed by atoms with Crippen molar-refractivity contribution >= 4 is 50.7 Å². The van der Waals surface area contributed by atoms with E-state index in [0.717, 1.165) is 18.8 Å². The van der Waals surface area contributed by atoms with E-state index < -0.39 is 35.5 Å². The van der Waals surface area contributed by atoms with Gasteiger partial charge < -0.3 is 30.3 Å². The number of fused-ring (bicyclic) bond motifs is 1. The van der Waals surface area contributed by atoms with Crippen LogP contribution in [0.2, 0.25) is 0 Å². The lowest BCUT2D eigenvalue weighted by atomic mass is 9.70. The number of halogens is 1. The maximum Gasteiger partial charge on any atom is 0.250 e. The van der Waals surface area contributed by atoms with Crippen molar-refractivity contribution in [2.45, 2.75) is 42.8 Å². The van der Waals surface area contributed by atoms with Crippen LogP contribution in [0.5, 0.6) is 0 Å². The largest absolute Gasteiger partial charge is 0.395 e. The minimum absolute atomic E-state index is 0.0237. The van der Waals surface area contributed by atoms with Gasteiger partial charge in [-0.25, -0.2) is 0 Å². The minimum atomic E-state index is -1.17. The fourth-order valence-corrected chi connectivity index (χ4v) is 7.32. The summed E-state index contributed by atoms with van der Waals surface area (Å²) >= 11 is 3.66. The maximum absolute atomic E-state index is 13.8. The monoisotopic (exact) mass is 584 g/mol. The molecule has 1 spiro atoms. The van der Waals surface area contributed by atoms with Gasteiger partial charge in [0.05, 0.1) is 24.5 Å². The highest BCUT2D eigenvalue weighted by Gasteiger charge is 2.76. The molecular weight excluding hydrogens is 552 g/mol. The van der Waals surface area contributed by atoms with Crippen LogP contribution in [0.1, 0.15) is 20.3 Å². The van der Waals surface area contributed by atoms with E-state index in [1.54, 1.807) is 12.1 Å². The van der Waals surface area contributed by atoms with Crippen LogP contribution in [0.25, 0.3) is 0 Å². The number of carbonyl (C=O) groups excluding carboxylic acids is 3. The van der Waals surface area contributed by atoms with E-state index in [9.17, 15) is 19.5 Å². The number of nitrogens with one attached hydrogen (secondary N) is 2. The number of para-hydroxylation sites is 1. The molecule has 10 heteroatoms. The third-order valence-corrected chi connectivity index (χ3v) is 8.83. The average molecular weight is 585 g/mol. The normalized spacial score (nSPS) is 29.3. The smallest absolute Gasteiger partial charge is 0.250 e. The Kier molecular flexibility index (Phi) is 7.48. The zero-order valence-electron chi connectivity index (χ0n) is 21.5. The number of rotatable bonds is 9. The van der Waals surface area contributed by atoms with Crippen LogP contribution < -0.4 is 15.5 Å². The first-order valence-corrected chi connectivity index (χ1v) is 14.0. The Morgan fingerprint density at radius 2 is 1.68 bits per heavy atom. The number of amides is 3. The molecule has 38 heavy (non-hydrogen) atoms. The molecule has 2 aromatic carbocycles. The topological polar surface area (TPSA) is 111 Å². The van der Waals surface area contributed by atoms with Crippen molar-refractivity contribution in [3.63, 3.8) is 0 Å². The second-order valence-electron chi connectivity index (χ2n) is 9.98. The number of nitrogens with zero attached hydrogens (tertiary/aromatic N) is 2. The number of aliphatic hydroxyl groups is 1. The van der Waals surface area contributed by atoms with Gasteiger partial charge in [-0.3, -0.25) is 14.4 Å². The zero-order valence-corrected chi connectivity index (χ0v) is 23.1. The number of anilines is 3. The quantitative estimate of drug-likeness (QED) is 0.391. The first-order valence-electron chi connectivity index (χ1n) is 13.1. The molecule has 0 aromatic heterocycles. The predicted octanol–water partition coefficient (Wildman–Crippen LogP) is 2.85. The predicted molar refractivity (Wildman–Crippen MR) is 148 cm³/mol. The van der Waals surface area contributed by atoms with E-state index in [4.69, 9.17) is 4.74 Å². The van der Waals surface area contributed by atoms with Gasteiger partial charge in [-0.15, -0.1) is 0 Å². The summed E-state index contributed by atoms with van der Waals surface area (Å²) in [6, 6.07) is 15.7.